The van der Waals surface area contributed by atoms with Crippen LogP contribution in [0.25, 0.3) is 6.08 Å². The number of hydrogen-bond acceptors (Lipinski definition) is 19. The second kappa shape index (κ2) is 17.2. The molecule has 2 aromatic rings. The van der Waals surface area contributed by atoms with Crippen molar-refractivity contribution in [2.45, 2.75) is 92.8 Å². The summed E-state index contributed by atoms with van der Waals surface area (Å²) in [6.07, 6.45) is -17.2. The maximum Gasteiger partial charge on any atom is 0.331 e. The monoisotopic (exact) mass is 756 g/mol. The minimum atomic E-state index is -2.17. The number of ether oxygens (including phenoxy) is 7. The molecular weight excluding hydrogens is 712 g/mol. The van der Waals surface area contributed by atoms with Crippen LogP contribution < -0.4 is 0 Å². The number of phenolic OH excluding ortho intramolecular Hbond substituents is 4. The molecule has 0 saturated carbocycles. The number of aromatic hydroxyl groups is 4. The van der Waals surface area contributed by atoms with Crippen molar-refractivity contribution in [1.29, 1.82) is 0 Å². The molecule has 0 radical (unpaired) electrons. The van der Waals surface area contributed by atoms with E-state index in [-0.39, 0.29) is 30.1 Å². The Morgan fingerprint density at radius 1 is 0.830 bits per heavy atom. The van der Waals surface area contributed by atoms with Crippen LogP contribution in [0.5, 0.6) is 23.0 Å². The normalized spacial score (nSPS) is 36.2. The van der Waals surface area contributed by atoms with Crippen LogP contribution in [0, 0.1) is 0 Å². The summed E-state index contributed by atoms with van der Waals surface area (Å²) in [6, 6.07) is 7.81. The van der Waals surface area contributed by atoms with E-state index in [2.05, 4.69) is 0 Å². The summed E-state index contributed by atoms with van der Waals surface area (Å²) in [5.74, 6) is -2.64. The Morgan fingerprint density at radius 2 is 1.51 bits per heavy atom. The third-order valence-corrected chi connectivity index (χ3v) is 9.12. The average molecular weight is 757 g/mol. The summed E-state index contributed by atoms with van der Waals surface area (Å²) in [5, 5.41) is 112. The fourth-order valence-electron chi connectivity index (χ4n) is 5.94. The number of rotatable bonds is 13. The van der Waals surface area contributed by atoms with Crippen molar-refractivity contribution in [3.05, 3.63) is 53.6 Å². The van der Waals surface area contributed by atoms with Gasteiger partial charge in [-0.2, -0.15) is 0 Å². The lowest BCUT2D eigenvalue weighted by atomic mass is 9.96. The number of benzene rings is 2. The van der Waals surface area contributed by atoms with E-state index in [9.17, 15) is 61.0 Å². The number of hydrogen-bond donors (Lipinski definition) is 11. The zero-order valence-corrected chi connectivity index (χ0v) is 28.3. The van der Waals surface area contributed by atoms with E-state index in [0.29, 0.717) is 5.56 Å². The second-order valence-electron chi connectivity index (χ2n) is 12.9. The number of aliphatic hydroxyl groups is 7. The first-order valence-electron chi connectivity index (χ1n) is 16.6. The van der Waals surface area contributed by atoms with Gasteiger partial charge in [-0.25, -0.2) is 4.79 Å². The van der Waals surface area contributed by atoms with Gasteiger partial charge in [0.25, 0.3) is 0 Å². The lowest BCUT2D eigenvalue weighted by Gasteiger charge is -2.48. The van der Waals surface area contributed by atoms with E-state index in [4.69, 9.17) is 33.2 Å². The third kappa shape index (κ3) is 9.18. The summed E-state index contributed by atoms with van der Waals surface area (Å²) < 4.78 is 40.9. The maximum atomic E-state index is 13.2. The van der Waals surface area contributed by atoms with Gasteiger partial charge in [-0.1, -0.05) is 12.1 Å². The third-order valence-electron chi connectivity index (χ3n) is 9.12. The molecule has 11 N–H and O–H groups in total. The Hall–Kier alpha value is -3.67. The molecule has 13 atom stereocenters. The van der Waals surface area contributed by atoms with Crippen LogP contribution >= 0.6 is 0 Å². The van der Waals surface area contributed by atoms with Gasteiger partial charge in [-0.3, -0.25) is 0 Å². The van der Waals surface area contributed by atoms with Crippen LogP contribution in [0.4, 0.5) is 0 Å². The summed E-state index contributed by atoms with van der Waals surface area (Å²) in [6.45, 7) is -1.13. The Balaban J connectivity index is 1.48. The Morgan fingerprint density at radius 3 is 2.15 bits per heavy atom. The summed E-state index contributed by atoms with van der Waals surface area (Å²) in [4.78, 5) is 13.2. The first-order chi connectivity index (χ1) is 25.1. The van der Waals surface area contributed by atoms with E-state index >= 15 is 0 Å². The maximum absolute atomic E-state index is 13.2. The number of phenols is 4. The SMILES string of the molecule is CC1OC(OC2C(OCCc3ccc(O)c(O)c3)OC(CO)C(OC(=O)C=Cc3ccc(O)c(O)c3)C2OC2OCC(O)(CO)C2O)C(O)C(O)C1O. The van der Waals surface area contributed by atoms with E-state index in [1.165, 1.54) is 49.4 Å². The van der Waals surface area contributed by atoms with Crippen molar-refractivity contribution in [2.24, 2.45) is 0 Å². The van der Waals surface area contributed by atoms with Gasteiger partial charge in [0.1, 0.15) is 48.3 Å². The second-order valence-corrected chi connectivity index (χ2v) is 12.9. The Labute approximate surface area is 302 Å². The zero-order chi connectivity index (χ0) is 38.6. The number of aliphatic hydroxyl groups excluding tert-OH is 6. The lowest BCUT2D eigenvalue weighted by molar-refractivity contribution is -0.378. The van der Waals surface area contributed by atoms with Gasteiger partial charge in [0.2, 0.25) is 0 Å². The molecule has 3 aliphatic heterocycles. The molecule has 0 spiro atoms. The summed E-state index contributed by atoms with van der Waals surface area (Å²) in [7, 11) is 0. The van der Waals surface area contributed by atoms with Gasteiger partial charge in [-0.05, 0) is 54.8 Å². The van der Waals surface area contributed by atoms with Crippen molar-refractivity contribution >= 4 is 12.0 Å². The molecule has 0 aliphatic carbocycles. The zero-order valence-electron chi connectivity index (χ0n) is 28.3. The van der Waals surface area contributed by atoms with E-state index in [0.717, 1.165) is 6.08 Å². The molecule has 3 aliphatic rings. The molecule has 0 amide bonds. The minimum Gasteiger partial charge on any atom is -0.504 e. The first-order valence-corrected chi connectivity index (χ1v) is 16.6. The van der Waals surface area contributed by atoms with E-state index in [1.807, 2.05) is 0 Å². The molecule has 0 bridgehead atoms. The molecule has 19 nitrogen and oxygen atoms in total. The van der Waals surface area contributed by atoms with Crippen LogP contribution in [0.2, 0.25) is 0 Å². The molecule has 3 fully saturated rings. The van der Waals surface area contributed by atoms with Gasteiger partial charge in [0.05, 0.1) is 32.5 Å². The van der Waals surface area contributed by atoms with Gasteiger partial charge in [0.15, 0.2) is 48.0 Å². The minimum absolute atomic E-state index is 0.115. The number of carbonyl (C=O) groups is 1. The lowest BCUT2D eigenvalue weighted by Crippen LogP contribution is -2.66. The smallest absolute Gasteiger partial charge is 0.331 e. The van der Waals surface area contributed by atoms with Crippen LogP contribution in [0.3, 0.4) is 0 Å². The first kappa shape index (κ1) is 40.5. The molecule has 19 heteroatoms. The molecule has 0 aromatic heterocycles. The molecule has 2 aromatic carbocycles. The topological polar surface area (TPSA) is 304 Å². The van der Waals surface area contributed by atoms with Gasteiger partial charge < -0.3 is 89.3 Å². The standard InChI is InChI=1S/C34H44O19/c1-15-24(42)25(43)26(44)31(49-15)53-29-28(52-33-30(45)34(46,13-36)14-48-33)27(51-23(41)7-4-16-2-5-18(37)20(39)10-16)22(12-35)50-32(29)47-9-8-17-3-6-19(38)21(40)11-17/h2-7,10-11,15,22,24-33,35-40,42-46H,8-9,12-14H2,1H3. The van der Waals surface area contributed by atoms with E-state index in [1.54, 1.807) is 0 Å². The highest BCUT2D eigenvalue weighted by atomic mass is 16.8. The van der Waals surface area contributed by atoms with Crippen LogP contribution in [-0.2, 0) is 44.4 Å². The Kier molecular flexibility index (Phi) is 13.2. The highest BCUT2D eigenvalue weighted by Gasteiger charge is 2.56. The number of esters is 1. The fourth-order valence-corrected chi connectivity index (χ4v) is 5.94. The Bertz CT molecular complexity index is 1570. The quantitative estimate of drug-likeness (QED) is 0.0569. The van der Waals surface area contributed by atoms with Crippen molar-refractivity contribution in [3.8, 4) is 23.0 Å². The largest absolute Gasteiger partial charge is 0.504 e. The molecule has 3 saturated heterocycles. The van der Waals surface area contributed by atoms with Crippen LogP contribution in [0.1, 0.15) is 18.1 Å². The van der Waals surface area contributed by atoms with Crippen molar-refractivity contribution < 1.29 is 94.1 Å². The van der Waals surface area contributed by atoms with Gasteiger partial charge in [0, 0.05) is 6.08 Å². The van der Waals surface area contributed by atoms with Crippen LogP contribution in [0.15, 0.2) is 42.5 Å². The van der Waals surface area contributed by atoms with Crippen molar-refractivity contribution in [1.82, 2.24) is 0 Å². The molecule has 53 heavy (non-hydrogen) atoms. The van der Waals surface area contributed by atoms with Crippen molar-refractivity contribution in [2.75, 3.05) is 26.4 Å². The highest BCUT2D eigenvalue weighted by Crippen LogP contribution is 2.36. The molecule has 5 rings (SSSR count). The molecule has 3 heterocycles. The fraction of sp³-hybridized carbons (Fsp3) is 0.559. The predicted molar refractivity (Wildman–Crippen MR) is 174 cm³/mol. The highest BCUT2D eigenvalue weighted by molar-refractivity contribution is 5.87. The van der Waals surface area contributed by atoms with Gasteiger partial charge in [-0.15, -0.1) is 0 Å². The van der Waals surface area contributed by atoms with Gasteiger partial charge >= 0.3 is 5.97 Å². The van der Waals surface area contributed by atoms with Crippen molar-refractivity contribution in [3.63, 3.8) is 0 Å². The van der Waals surface area contributed by atoms with E-state index < -0.39 is 117 Å². The molecule has 13 unspecified atom stereocenters. The molecule has 294 valence electrons. The predicted octanol–water partition coefficient (Wildman–Crippen LogP) is -2.55. The van der Waals surface area contributed by atoms with Crippen LogP contribution in [-0.4, -0.2) is 168 Å². The number of carbonyl (C=O) groups excluding carboxylic acids is 1. The molecular formula is C34H44O19. The summed E-state index contributed by atoms with van der Waals surface area (Å²) >= 11 is 0. The average Bonchev–Trinajstić information content (AvgIpc) is 3.42. The summed E-state index contributed by atoms with van der Waals surface area (Å²) in [5.41, 5.74) is -1.37.